The van der Waals surface area contributed by atoms with E-state index in [1.54, 1.807) is 0 Å². The summed E-state index contributed by atoms with van der Waals surface area (Å²) < 4.78 is 5.24. The molecule has 0 saturated heterocycles. The lowest BCUT2D eigenvalue weighted by molar-refractivity contribution is 0.401. The highest BCUT2D eigenvalue weighted by Crippen LogP contribution is 1.77. The molecule has 0 aliphatic rings. The fourth-order valence-corrected chi connectivity index (χ4v) is 3.00. The van der Waals surface area contributed by atoms with Crippen molar-refractivity contribution in [2.45, 2.75) is 13.1 Å². The topological polar surface area (TPSA) is 9.23 Å². The minimum absolute atomic E-state index is 0.636. The minimum Gasteiger partial charge on any atom is -0.425 e. The molecule has 6 heavy (non-hydrogen) atoms. The first kappa shape index (κ1) is 6.39. The van der Waals surface area contributed by atoms with Crippen LogP contribution in [0.15, 0.2) is 0 Å². The molecule has 1 nitrogen and oxygen atoms in total. The summed E-state index contributed by atoms with van der Waals surface area (Å²) in [7, 11) is 0.564. The van der Waals surface area contributed by atoms with Crippen LogP contribution in [0.3, 0.4) is 0 Å². The first-order valence-corrected chi connectivity index (χ1v) is 6.58. The van der Waals surface area contributed by atoms with Crippen molar-refractivity contribution in [1.82, 2.24) is 0 Å². The van der Waals surface area contributed by atoms with Crippen molar-refractivity contribution in [1.29, 1.82) is 0 Å². The quantitative estimate of drug-likeness (QED) is 0.438. The van der Waals surface area contributed by atoms with E-state index >= 15 is 0 Å². The molecule has 0 rings (SSSR count). The molecule has 0 spiro atoms. The van der Waals surface area contributed by atoms with E-state index in [0.717, 1.165) is 6.23 Å². The fourth-order valence-electron chi connectivity index (χ4n) is 0.333. The van der Waals surface area contributed by atoms with E-state index in [1.807, 2.05) is 0 Å². The van der Waals surface area contributed by atoms with Crippen molar-refractivity contribution < 1.29 is 4.43 Å². The Labute approximate surface area is 43.9 Å². The third-order valence-corrected chi connectivity index (χ3v) is 2.50. The molecule has 0 aliphatic carbocycles. The maximum atomic E-state index is 5.24. The average molecular weight is 120 g/mol. The van der Waals surface area contributed by atoms with Crippen molar-refractivity contribution in [2.75, 3.05) is 6.23 Å². The summed E-state index contributed by atoms with van der Waals surface area (Å²) in [5, 5.41) is 0. The molecule has 0 radical (unpaired) electrons. The highest BCUT2D eigenvalue weighted by Gasteiger charge is 1.87. The van der Waals surface area contributed by atoms with Crippen molar-refractivity contribution in [2.24, 2.45) is 0 Å². The van der Waals surface area contributed by atoms with Crippen molar-refractivity contribution in [3.05, 3.63) is 0 Å². The summed E-state index contributed by atoms with van der Waals surface area (Å²) in [5.74, 6) is 0. The van der Waals surface area contributed by atoms with Crippen LogP contribution < -0.4 is 0 Å². The average Bonchev–Trinajstić information content (AvgIpc) is 1.35. The van der Waals surface area contributed by atoms with Crippen molar-refractivity contribution in [3.8, 4) is 0 Å². The van der Waals surface area contributed by atoms with Crippen LogP contribution in [0.25, 0.3) is 0 Å². The zero-order valence-electron chi connectivity index (χ0n) is 4.69. The van der Waals surface area contributed by atoms with Gasteiger partial charge in [0.25, 0.3) is 0 Å². The van der Waals surface area contributed by atoms with E-state index in [1.165, 1.54) is 10.2 Å². The SMILES string of the molecule is C[SiH](C)OC[SiH3]. The molecule has 0 atom stereocenters. The second-order valence-electron chi connectivity index (χ2n) is 1.50. The van der Waals surface area contributed by atoms with Gasteiger partial charge in [-0.25, -0.2) is 0 Å². The maximum Gasteiger partial charge on any atom is 0.170 e. The van der Waals surface area contributed by atoms with Gasteiger partial charge in [0.15, 0.2) is 9.04 Å². The Morgan fingerprint density at radius 1 is 1.67 bits per heavy atom. The van der Waals surface area contributed by atoms with E-state index in [9.17, 15) is 0 Å². The highest BCUT2D eigenvalue weighted by molar-refractivity contribution is 6.48. The smallest absolute Gasteiger partial charge is 0.170 e. The fraction of sp³-hybridized carbons (Fsp3) is 1.00. The van der Waals surface area contributed by atoms with Crippen LogP contribution in [0, 0.1) is 0 Å². The lowest BCUT2D eigenvalue weighted by Gasteiger charge is -1.98. The Kier molecular flexibility index (Phi) is 3.81. The van der Waals surface area contributed by atoms with Gasteiger partial charge in [0.2, 0.25) is 0 Å². The summed E-state index contributed by atoms with van der Waals surface area (Å²) in [6, 6.07) is 0. The lowest BCUT2D eigenvalue weighted by Crippen LogP contribution is -2.07. The van der Waals surface area contributed by atoms with Gasteiger partial charge in [-0.3, -0.25) is 0 Å². The van der Waals surface area contributed by atoms with E-state index in [0.29, 0.717) is 0 Å². The Balaban J connectivity index is 2.63. The van der Waals surface area contributed by atoms with Crippen LogP contribution in [0.2, 0.25) is 13.1 Å². The molecule has 0 aromatic heterocycles. The second-order valence-corrected chi connectivity index (χ2v) is 4.51. The predicted molar refractivity (Wildman–Crippen MR) is 34.8 cm³/mol. The van der Waals surface area contributed by atoms with Gasteiger partial charge in [0, 0.05) is 16.5 Å². The van der Waals surface area contributed by atoms with Gasteiger partial charge >= 0.3 is 0 Å². The lowest BCUT2D eigenvalue weighted by atomic mass is 11.7. The van der Waals surface area contributed by atoms with Gasteiger partial charge in [0.1, 0.15) is 0 Å². The Bertz CT molecular complexity index is 30.0. The first-order valence-electron chi connectivity index (χ1n) is 2.39. The molecule has 0 aromatic carbocycles. The third kappa shape index (κ3) is 4.39. The molecule has 0 saturated carbocycles. The summed E-state index contributed by atoms with van der Waals surface area (Å²) in [4.78, 5) is 0. The van der Waals surface area contributed by atoms with E-state index in [2.05, 4.69) is 13.1 Å². The van der Waals surface area contributed by atoms with Crippen molar-refractivity contribution >= 4 is 19.3 Å². The molecular formula is C3H12OSi2. The maximum absolute atomic E-state index is 5.24. The van der Waals surface area contributed by atoms with Gasteiger partial charge in [0.05, 0.1) is 0 Å². The largest absolute Gasteiger partial charge is 0.425 e. The Morgan fingerprint density at radius 2 is 2.17 bits per heavy atom. The number of hydrogen-bond acceptors (Lipinski definition) is 1. The summed E-state index contributed by atoms with van der Waals surface area (Å²) in [6.45, 7) is 4.38. The normalized spacial score (nSPS) is 10.5. The van der Waals surface area contributed by atoms with Gasteiger partial charge in [-0.1, -0.05) is 0 Å². The monoisotopic (exact) mass is 120 g/mol. The van der Waals surface area contributed by atoms with Gasteiger partial charge < -0.3 is 4.43 Å². The molecule has 0 fully saturated rings. The summed E-state index contributed by atoms with van der Waals surface area (Å²) in [6.07, 6.45) is 1.03. The van der Waals surface area contributed by atoms with Crippen LogP contribution in [-0.4, -0.2) is 25.5 Å². The number of hydrogen-bond donors (Lipinski definition) is 0. The summed E-state index contributed by atoms with van der Waals surface area (Å²) >= 11 is 0. The van der Waals surface area contributed by atoms with Gasteiger partial charge in [-0.05, 0) is 13.1 Å². The molecule has 0 bridgehead atoms. The van der Waals surface area contributed by atoms with Crippen LogP contribution >= 0.6 is 0 Å². The van der Waals surface area contributed by atoms with E-state index in [4.69, 9.17) is 4.43 Å². The van der Waals surface area contributed by atoms with E-state index < -0.39 is 9.04 Å². The Hall–Kier alpha value is 0.394. The molecule has 38 valence electrons. The second kappa shape index (κ2) is 3.58. The zero-order chi connectivity index (χ0) is 4.99. The van der Waals surface area contributed by atoms with Crippen LogP contribution in [0.4, 0.5) is 0 Å². The molecule has 0 aliphatic heterocycles. The van der Waals surface area contributed by atoms with Crippen molar-refractivity contribution in [3.63, 3.8) is 0 Å². The highest BCUT2D eigenvalue weighted by atomic mass is 28.3. The van der Waals surface area contributed by atoms with E-state index in [-0.39, 0.29) is 0 Å². The Morgan fingerprint density at radius 3 is 2.17 bits per heavy atom. The molecule has 3 heteroatoms. The minimum atomic E-state index is -0.636. The number of rotatable bonds is 2. The summed E-state index contributed by atoms with van der Waals surface area (Å²) in [5.41, 5.74) is 0. The zero-order valence-corrected chi connectivity index (χ0v) is 7.85. The predicted octanol–water partition coefficient (Wildman–Crippen LogP) is -0.691. The molecule has 0 unspecified atom stereocenters. The van der Waals surface area contributed by atoms with Gasteiger partial charge in [-0.2, -0.15) is 0 Å². The molecule has 0 aromatic rings. The molecule has 0 heterocycles. The van der Waals surface area contributed by atoms with Crippen LogP contribution in [0.5, 0.6) is 0 Å². The molecular weight excluding hydrogens is 108 g/mol. The molecule has 0 N–H and O–H groups in total. The van der Waals surface area contributed by atoms with Crippen LogP contribution in [0.1, 0.15) is 0 Å². The molecule has 0 amide bonds. The standard InChI is InChI=1S/C3H12OSi2/c1-6(2)4-3-5/h6H,3H2,1-2,5H3. The van der Waals surface area contributed by atoms with Crippen LogP contribution in [-0.2, 0) is 4.43 Å². The first-order chi connectivity index (χ1) is 2.77. The van der Waals surface area contributed by atoms with Gasteiger partial charge in [-0.15, -0.1) is 0 Å². The third-order valence-electron chi connectivity index (χ3n) is 0.500.